The first kappa shape index (κ1) is 13.4. The summed E-state index contributed by atoms with van der Waals surface area (Å²) in [4.78, 5) is 19.2. The van der Waals surface area contributed by atoms with Gasteiger partial charge in [-0.15, -0.1) is 0 Å². The number of aromatic nitrogens is 2. The molecule has 1 aromatic heterocycles. The zero-order valence-electron chi connectivity index (χ0n) is 12.2. The van der Waals surface area contributed by atoms with E-state index in [0.29, 0.717) is 0 Å². The SMILES string of the molecule is CCC(C(=O)N1CC=CC12CCCCC2)n1ccnc1. The number of rotatable bonds is 3. The average molecular weight is 273 g/mol. The van der Waals surface area contributed by atoms with Crippen molar-refractivity contribution in [2.75, 3.05) is 6.54 Å². The highest BCUT2D eigenvalue weighted by atomic mass is 16.2. The van der Waals surface area contributed by atoms with Crippen molar-refractivity contribution < 1.29 is 4.79 Å². The van der Waals surface area contributed by atoms with Crippen LogP contribution in [-0.2, 0) is 4.79 Å². The molecule has 2 aliphatic rings. The van der Waals surface area contributed by atoms with Crippen LogP contribution in [0.1, 0.15) is 51.5 Å². The lowest BCUT2D eigenvalue weighted by molar-refractivity contribution is -0.139. The molecule has 0 radical (unpaired) electrons. The quantitative estimate of drug-likeness (QED) is 0.794. The molecule has 4 heteroatoms. The van der Waals surface area contributed by atoms with Crippen LogP contribution in [0.15, 0.2) is 30.9 Å². The molecule has 1 atom stereocenters. The normalized spacial score (nSPS) is 22.4. The van der Waals surface area contributed by atoms with Crippen molar-refractivity contribution in [3.8, 4) is 0 Å². The summed E-state index contributed by atoms with van der Waals surface area (Å²) in [7, 11) is 0. The van der Waals surface area contributed by atoms with Gasteiger partial charge in [0.15, 0.2) is 0 Å². The first-order valence-corrected chi connectivity index (χ1v) is 7.73. The van der Waals surface area contributed by atoms with Crippen LogP contribution >= 0.6 is 0 Å². The predicted octanol–water partition coefficient (Wildman–Crippen LogP) is 2.94. The van der Waals surface area contributed by atoms with Gasteiger partial charge < -0.3 is 9.47 Å². The average Bonchev–Trinajstić information content (AvgIpc) is 3.11. The van der Waals surface area contributed by atoms with E-state index in [1.54, 1.807) is 12.5 Å². The molecule has 1 saturated carbocycles. The molecule has 108 valence electrons. The highest BCUT2D eigenvalue weighted by Gasteiger charge is 2.42. The summed E-state index contributed by atoms with van der Waals surface area (Å²) in [5.74, 6) is 0.248. The maximum Gasteiger partial charge on any atom is 0.246 e. The van der Waals surface area contributed by atoms with E-state index >= 15 is 0 Å². The molecule has 4 nitrogen and oxygen atoms in total. The Morgan fingerprint density at radius 2 is 2.15 bits per heavy atom. The summed E-state index contributed by atoms with van der Waals surface area (Å²) in [5.41, 5.74) is 0.00331. The van der Waals surface area contributed by atoms with Crippen molar-refractivity contribution in [1.29, 1.82) is 0 Å². The van der Waals surface area contributed by atoms with Crippen LogP contribution in [0, 0.1) is 0 Å². The maximum absolute atomic E-state index is 13.0. The van der Waals surface area contributed by atoms with Crippen molar-refractivity contribution in [2.24, 2.45) is 0 Å². The molecule has 0 saturated heterocycles. The van der Waals surface area contributed by atoms with Gasteiger partial charge in [0.05, 0.1) is 11.9 Å². The minimum Gasteiger partial charge on any atom is -0.328 e. The van der Waals surface area contributed by atoms with Crippen LogP contribution in [0.3, 0.4) is 0 Å². The Balaban J connectivity index is 1.82. The molecule has 1 aromatic rings. The van der Waals surface area contributed by atoms with Gasteiger partial charge in [-0.25, -0.2) is 4.98 Å². The van der Waals surface area contributed by atoms with Gasteiger partial charge in [0.2, 0.25) is 5.91 Å². The topological polar surface area (TPSA) is 38.1 Å². The molecule has 0 N–H and O–H groups in total. The van der Waals surface area contributed by atoms with Crippen LogP contribution in [0.25, 0.3) is 0 Å². The van der Waals surface area contributed by atoms with E-state index in [1.165, 1.54) is 19.3 Å². The van der Waals surface area contributed by atoms with E-state index in [2.05, 4.69) is 29.0 Å². The Morgan fingerprint density at radius 3 is 2.80 bits per heavy atom. The van der Waals surface area contributed by atoms with Crippen LogP contribution in [0.5, 0.6) is 0 Å². The molecular formula is C16H23N3O. The summed E-state index contributed by atoms with van der Waals surface area (Å²) < 4.78 is 1.94. The number of hydrogen-bond donors (Lipinski definition) is 0. The van der Waals surface area contributed by atoms with Crippen LogP contribution in [-0.4, -0.2) is 32.4 Å². The molecule has 1 unspecified atom stereocenters. The van der Waals surface area contributed by atoms with Gasteiger partial charge in [-0.2, -0.15) is 0 Å². The standard InChI is InChI=1S/C16H23N3O/c1-2-14(18-12-10-17-13-18)15(20)19-11-6-9-16(19)7-4-3-5-8-16/h6,9-10,12-14H,2-5,7-8,11H2,1H3. The Hall–Kier alpha value is -1.58. The van der Waals surface area contributed by atoms with E-state index in [-0.39, 0.29) is 17.5 Å². The van der Waals surface area contributed by atoms with Gasteiger partial charge in [0, 0.05) is 18.9 Å². The zero-order valence-corrected chi connectivity index (χ0v) is 12.2. The fourth-order valence-electron chi connectivity index (χ4n) is 3.71. The summed E-state index contributed by atoms with van der Waals surface area (Å²) in [6.07, 6.45) is 16.7. The number of imidazole rings is 1. The molecule has 3 rings (SSSR count). The Morgan fingerprint density at radius 1 is 1.35 bits per heavy atom. The molecule has 0 aromatic carbocycles. The Labute approximate surface area is 120 Å². The molecule has 1 aliphatic carbocycles. The maximum atomic E-state index is 13.0. The van der Waals surface area contributed by atoms with Gasteiger partial charge in [-0.1, -0.05) is 38.3 Å². The van der Waals surface area contributed by atoms with E-state index in [4.69, 9.17) is 0 Å². The third-order valence-corrected chi connectivity index (χ3v) is 4.80. The fraction of sp³-hybridized carbons (Fsp3) is 0.625. The molecule has 20 heavy (non-hydrogen) atoms. The van der Waals surface area contributed by atoms with E-state index in [0.717, 1.165) is 25.8 Å². The number of nitrogens with zero attached hydrogens (tertiary/aromatic N) is 3. The van der Waals surface area contributed by atoms with E-state index in [1.807, 2.05) is 10.8 Å². The molecule has 1 spiro atoms. The molecule has 1 fully saturated rings. The monoisotopic (exact) mass is 273 g/mol. The van der Waals surface area contributed by atoms with Crippen molar-refractivity contribution in [2.45, 2.75) is 57.0 Å². The predicted molar refractivity (Wildman–Crippen MR) is 78.2 cm³/mol. The summed E-state index contributed by atoms with van der Waals surface area (Å²) >= 11 is 0. The minimum atomic E-state index is -0.115. The highest BCUT2D eigenvalue weighted by Crippen LogP contribution is 2.39. The number of carbonyl (C=O) groups is 1. The lowest BCUT2D eigenvalue weighted by Gasteiger charge is -2.42. The first-order chi connectivity index (χ1) is 9.77. The smallest absolute Gasteiger partial charge is 0.246 e. The second-order valence-electron chi connectivity index (χ2n) is 5.95. The van der Waals surface area contributed by atoms with E-state index in [9.17, 15) is 4.79 Å². The number of carbonyl (C=O) groups excluding carboxylic acids is 1. The number of hydrogen-bond acceptors (Lipinski definition) is 2. The lowest BCUT2D eigenvalue weighted by Crippen LogP contribution is -2.51. The zero-order chi connectivity index (χ0) is 14.0. The molecule has 1 aliphatic heterocycles. The van der Waals surface area contributed by atoms with Crippen molar-refractivity contribution in [3.05, 3.63) is 30.9 Å². The molecule has 1 amide bonds. The second kappa shape index (κ2) is 5.43. The highest BCUT2D eigenvalue weighted by molar-refractivity contribution is 5.82. The van der Waals surface area contributed by atoms with Gasteiger partial charge in [-0.3, -0.25) is 4.79 Å². The van der Waals surface area contributed by atoms with Crippen LogP contribution in [0.2, 0.25) is 0 Å². The third-order valence-electron chi connectivity index (χ3n) is 4.80. The van der Waals surface area contributed by atoms with Crippen molar-refractivity contribution in [3.63, 3.8) is 0 Å². The second-order valence-corrected chi connectivity index (χ2v) is 5.95. The van der Waals surface area contributed by atoms with E-state index < -0.39 is 0 Å². The summed E-state index contributed by atoms with van der Waals surface area (Å²) in [6.45, 7) is 2.84. The van der Waals surface area contributed by atoms with Gasteiger partial charge in [-0.05, 0) is 19.3 Å². The Kier molecular flexibility index (Phi) is 3.64. The number of amides is 1. The van der Waals surface area contributed by atoms with Gasteiger partial charge in [0.25, 0.3) is 0 Å². The van der Waals surface area contributed by atoms with Crippen LogP contribution < -0.4 is 0 Å². The van der Waals surface area contributed by atoms with Crippen LogP contribution in [0.4, 0.5) is 0 Å². The first-order valence-electron chi connectivity index (χ1n) is 7.73. The molecule has 2 heterocycles. The lowest BCUT2D eigenvalue weighted by atomic mass is 9.81. The van der Waals surface area contributed by atoms with Crippen molar-refractivity contribution >= 4 is 5.91 Å². The third kappa shape index (κ3) is 2.17. The van der Waals surface area contributed by atoms with Gasteiger partial charge in [0.1, 0.15) is 6.04 Å². The minimum absolute atomic E-state index is 0.00331. The fourth-order valence-corrected chi connectivity index (χ4v) is 3.71. The molecular weight excluding hydrogens is 250 g/mol. The summed E-state index contributed by atoms with van der Waals surface area (Å²) in [6, 6.07) is -0.115. The largest absolute Gasteiger partial charge is 0.328 e. The molecule has 0 bridgehead atoms. The van der Waals surface area contributed by atoms with Crippen molar-refractivity contribution in [1.82, 2.24) is 14.5 Å². The van der Waals surface area contributed by atoms with Gasteiger partial charge >= 0.3 is 0 Å². The Bertz CT molecular complexity index is 486. The summed E-state index contributed by atoms with van der Waals surface area (Å²) in [5, 5.41) is 0.